The smallest absolute Gasteiger partial charge is 0.269 e. The van der Waals surface area contributed by atoms with Gasteiger partial charge in [-0.3, -0.25) is 6.08 Å². The van der Waals surface area contributed by atoms with Crippen LogP contribution >= 0.6 is 0 Å². The second-order valence-corrected chi connectivity index (χ2v) is 1.80. The number of rotatable bonds is 2. The summed E-state index contributed by atoms with van der Waals surface area (Å²) < 4.78 is 0. The van der Waals surface area contributed by atoms with Crippen molar-refractivity contribution >= 4 is 0 Å². The zero-order valence-electron chi connectivity index (χ0n) is 5.85. The van der Waals surface area contributed by atoms with Gasteiger partial charge in [0.25, 0.3) is 0 Å². The molecule has 0 aromatic rings. The Bertz CT molecular complexity index is 143. The van der Waals surface area contributed by atoms with Crippen LogP contribution in [-0.2, 0) is 0 Å². The predicted molar refractivity (Wildman–Crippen MR) is 35.3 cm³/mol. The van der Waals surface area contributed by atoms with Crippen molar-refractivity contribution in [2.24, 2.45) is 0 Å². The fourth-order valence-corrected chi connectivity index (χ4v) is 0.746. The summed E-state index contributed by atoms with van der Waals surface area (Å²) >= 11 is 0. The molecule has 0 amide bonds. The van der Waals surface area contributed by atoms with E-state index in [2.05, 4.69) is 24.8 Å². The summed E-state index contributed by atoms with van der Waals surface area (Å²) in [5.41, 5.74) is 1.28. The monoisotopic (exact) mass is 128 g/mol. The van der Waals surface area contributed by atoms with Gasteiger partial charge in [-0.25, -0.2) is 11.6 Å². The Morgan fingerprint density at radius 1 is 1.78 bits per heavy atom. The van der Waals surface area contributed by atoms with Crippen molar-refractivity contribution in [1.29, 1.82) is 0 Å². The van der Waals surface area contributed by atoms with Crippen LogP contribution in [0.1, 0.15) is 12.8 Å². The third-order valence-corrected chi connectivity index (χ3v) is 1.13. The molecule has 42 valence electrons. The Balaban J connectivity index is 0.000000640. The molecule has 0 aliphatic heterocycles. The maximum atomic E-state index is 3.63. The zero-order valence-corrected chi connectivity index (χ0v) is 7.85. The van der Waals surface area contributed by atoms with E-state index in [0.717, 1.165) is 12.8 Å². The van der Waals surface area contributed by atoms with Crippen molar-refractivity contribution in [3.8, 4) is 0 Å². The third-order valence-electron chi connectivity index (χ3n) is 1.13. The molecule has 0 radical (unpaired) electrons. The molecule has 0 fully saturated rings. The van der Waals surface area contributed by atoms with E-state index in [4.69, 9.17) is 0 Å². The van der Waals surface area contributed by atoms with Crippen LogP contribution < -0.4 is 29.6 Å². The van der Waals surface area contributed by atoms with Crippen LogP contribution in [0.15, 0.2) is 30.4 Å². The van der Waals surface area contributed by atoms with E-state index in [1.54, 1.807) is 0 Å². The van der Waals surface area contributed by atoms with Crippen molar-refractivity contribution in [3.63, 3.8) is 0 Å². The fourth-order valence-electron chi connectivity index (χ4n) is 0.746. The van der Waals surface area contributed by atoms with Crippen LogP contribution in [0.25, 0.3) is 0 Å². The zero-order chi connectivity index (χ0) is 5.82. The van der Waals surface area contributed by atoms with Gasteiger partial charge in [-0.2, -0.15) is 6.08 Å². The molecule has 0 spiro atoms. The van der Waals surface area contributed by atoms with Gasteiger partial charge in [0.1, 0.15) is 0 Å². The maximum Gasteiger partial charge on any atom is 1.00 e. The molecule has 0 saturated carbocycles. The molecule has 0 heterocycles. The summed E-state index contributed by atoms with van der Waals surface area (Å²) in [5.74, 6) is 0. The van der Waals surface area contributed by atoms with Crippen LogP contribution in [0.3, 0.4) is 0 Å². The minimum absolute atomic E-state index is 0. The molecular formula is C8H9Na. The molecule has 0 unspecified atom stereocenters. The number of hydrogen-bond donors (Lipinski definition) is 0. The number of allylic oxidation sites excluding steroid dienone is 5. The van der Waals surface area contributed by atoms with Crippen molar-refractivity contribution in [3.05, 3.63) is 36.5 Å². The summed E-state index contributed by atoms with van der Waals surface area (Å²) in [6.07, 6.45) is 11.3. The van der Waals surface area contributed by atoms with E-state index in [-0.39, 0.29) is 29.6 Å². The van der Waals surface area contributed by atoms with Crippen LogP contribution in [0.2, 0.25) is 0 Å². The van der Waals surface area contributed by atoms with Crippen molar-refractivity contribution in [2.75, 3.05) is 0 Å². The quantitative estimate of drug-likeness (QED) is 0.261. The second-order valence-electron chi connectivity index (χ2n) is 1.80. The first-order chi connectivity index (χ1) is 3.93. The molecule has 0 atom stereocenters. The summed E-state index contributed by atoms with van der Waals surface area (Å²) in [5, 5.41) is 0. The summed E-state index contributed by atoms with van der Waals surface area (Å²) in [7, 11) is 0. The first kappa shape index (κ1) is 9.22. The maximum absolute atomic E-state index is 3.63. The molecule has 0 N–H and O–H groups in total. The van der Waals surface area contributed by atoms with Crippen molar-refractivity contribution in [1.82, 2.24) is 0 Å². The van der Waals surface area contributed by atoms with Gasteiger partial charge >= 0.3 is 29.6 Å². The average Bonchev–Trinajstić information content (AvgIpc) is 2.19. The van der Waals surface area contributed by atoms with E-state index in [1.807, 2.05) is 6.08 Å². The van der Waals surface area contributed by atoms with E-state index >= 15 is 0 Å². The Hall–Kier alpha value is 0.220. The molecule has 1 heteroatoms. The van der Waals surface area contributed by atoms with Gasteiger partial charge in [0.15, 0.2) is 0 Å². The standard InChI is InChI=1S/C8H9.Na/c1-2-5-8-6-3-4-7-8;/h2-3,6H,1,4-5H2;/q-1;+1. The Morgan fingerprint density at radius 2 is 2.56 bits per heavy atom. The fraction of sp³-hybridized carbons (Fsp3) is 0.250. The summed E-state index contributed by atoms with van der Waals surface area (Å²) in [6, 6.07) is 0. The SMILES string of the molecule is C=CCC1=[C-]CC=C1.[Na+]. The minimum Gasteiger partial charge on any atom is -0.269 e. The van der Waals surface area contributed by atoms with Crippen molar-refractivity contribution in [2.45, 2.75) is 12.8 Å². The molecule has 9 heavy (non-hydrogen) atoms. The molecular weight excluding hydrogens is 119 g/mol. The average molecular weight is 128 g/mol. The molecule has 0 aromatic carbocycles. The molecule has 0 aromatic heterocycles. The topological polar surface area (TPSA) is 0 Å². The minimum atomic E-state index is 0. The van der Waals surface area contributed by atoms with E-state index < -0.39 is 0 Å². The summed E-state index contributed by atoms with van der Waals surface area (Å²) in [6.45, 7) is 3.63. The van der Waals surface area contributed by atoms with Gasteiger partial charge in [0.2, 0.25) is 0 Å². The largest absolute Gasteiger partial charge is 1.00 e. The van der Waals surface area contributed by atoms with Gasteiger partial charge in [-0.1, -0.05) is 6.08 Å². The summed E-state index contributed by atoms with van der Waals surface area (Å²) in [4.78, 5) is 0. The van der Waals surface area contributed by atoms with Crippen LogP contribution in [0.4, 0.5) is 0 Å². The molecule has 1 aliphatic rings. The van der Waals surface area contributed by atoms with E-state index in [1.165, 1.54) is 5.57 Å². The molecule has 1 aliphatic carbocycles. The Kier molecular flexibility index (Phi) is 5.16. The van der Waals surface area contributed by atoms with Gasteiger partial charge in [-0.05, 0) is 6.42 Å². The van der Waals surface area contributed by atoms with Gasteiger partial charge < -0.3 is 0 Å². The second kappa shape index (κ2) is 5.04. The molecule has 1 rings (SSSR count). The van der Waals surface area contributed by atoms with Gasteiger partial charge in [0, 0.05) is 0 Å². The van der Waals surface area contributed by atoms with E-state index in [0.29, 0.717) is 0 Å². The van der Waals surface area contributed by atoms with Crippen molar-refractivity contribution < 1.29 is 29.6 Å². The van der Waals surface area contributed by atoms with Gasteiger partial charge in [0.05, 0.1) is 0 Å². The first-order valence-corrected chi connectivity index (χ1v) is 2.80. The molecule has 0 saturated heterocycles. The van der Waals surface area contributed by atoms with Crippen LogP contribution in [0.5, 0.6) is 0 Å². The number of hydrogen-bond acceptors (Lipinski definition) is 0. The van der Waals surface area contributed by atoms with Gasteiger partial charge in [-0.15, -0.1) is 13.0 Å². The predicted octanol–water partition coefficient (Wildman–Crippen LogP) is -0.744. The van der Waals surface area contributed by atoms with E-state index in [9.17, 15) is 0 Å². The Labute approximate surface area is 78.6 Å². The van der Waals surface area contributed by atoms with Crippen LogP contribution in [0, 0.1) is 6.08 Å². The Morgan fingerprint density at radius 3 is 3.00 bits per heavy atom. The first-order valence-electron chi connectivity index (χ1n) is 2.80. The molecule has 0 nitrogen and oxygen atoms in total. The normalized spacial score (nSPS) is 14.4. The molecule has 0 bridgehead atoms. The van der Waals surface area contributed by atoms with Crippen LogP contribution in [-0.4, -0.2) is 0 Å². The third kappa shape index (κ3) is 3.04.